The van der Waals surface area contributed by atoms with Crippen molar-refractivity contribution in [3.63, 3.8) is 0 Å². The van der Waals surface area contributed by atoms with Crippen LogP contribution in [0.4, 0.5) is 5.69 Å². The van der Waals surface area contributed by atoms with Gasteiger partial charge < -0.3 is 15.3 Å². The minimum absolute atomic E-state index is 0.0352. The number of allylic oxidation sites excluding steroid dienone is 1. The van der Waals surface area contributed by atoms with Gasteiger partial charge in [0.2, 0.25) is 0 Å². The van der Waals surface area contributed by atoms with Crippen molar-refractivity contribution in [2.75, 3.05) is 5.32 Å². The van der Waals surface area contributed by atoms with Crippen LogP contribution < -0.4 is 11.0 Å². The number of rotatable bonds is 2. The molecule has 0 fully saturated rings. The predicted octanol–water partition coefficient (Wildman–Crippen LogP) is 1.82. The second-order valence-corrected chi connectivity index (χ2v) is 4.12. The minimum atomic E-state index is -0.298. The van der Waals surface area contributed by atoms with Gasteiger partial charge in [-0.05, 0) is 31.0 Å². The Bertz CT molecular complexity index is 794. The van der Waals surface area contributed by atoms with Gasteiger partial charge in [-0.2, -0.15) is 10.5 Å². The second kappa shape index (κ2) is 4.71. The van der Waals surface area contributed by atoms with E-state index < -0.39 is 0 Å². The molecule has 94 valence electrons. The van der Waals surface area contributed by atoms with Gasteiger partial charge in [-0.1, -0.05) is 0 Å². The monoisotopic (exact) mass is 253 g/mol. The number of aromatic nitrogens is 2. The number of hydrogen-bond donors (Lipinski definition) is 3. The molecule has 19 heavy (non-hydrogen) atoms. The molecule has 0 aliphatic rings. The second-order valence-electron chi connectivity index (χ2n) is 4.12. The maximum absolute atomic E-state index is 11.4. The Hall–Kier alpha value is -2.99. The van der Waals surface area contributed by atoms with E-state index in [1.54, 1.807) is 12.1 Å². The molecule has 0 saturated heterocycles. The zero-order chi connectivity index (χ0) is 14.0. The van der Waals surface area contributed by atoms with Crippen molar-refractivity contribution < 1.29 is 0 Å². The molecule has 2 aromatic rings. The number of anilines is 1. The first-order valence-electron chi connectivity index (χ1n) is 5.56. The van der Waals surface area contributed by atoms with Gasteiger partial charge in [0.05, 0.1) is 16.7 Å². The maximum Gasteiger partial charge on any atom is 0.323 e. The first-order chi connectivity index (χ1) is 9.06. The Balaban J connectivity index is 2.62. The van der Waals surface area contributed by atoms with Crippen LogP contribution in [-0.4, -0.2) is 9.97 Å². The van der Waals surface area contributed by atoms with Gasteiger partial charge in [0.1, 0.15) is 17.7 Å². The minimum Gasteiger partial charge on any atom is -0.358 e. The number of aryl methyl sites for hydroxylation is 1. The van der Waals surface area contributed by atoms with E-state index in [1.165, 1.54) is 6.20 Å². The van der Waals surface area contributed by atoms with E-state index in [0.717, 1.165) is 11.1 Å². The lowest BCUT2D eigenvalue weighted by Crippen LogP contribution is -2.00. The Morgan fingerprint density at radius 1 is 1.32 bits per heavy atom. The van der Waals surface area contributed by atoms with Crippen molar-refractivity contribution >= 4 is 16.7 Å². The highest BCUT2D eigenvalue weighted by Gasteiger charge is 2.10. The van der Waals surface area contributed by atoms with Crippen LogP contribution in [0.2, 0.25) is 0 Å². The van der Waals surface area contributed by atoms with Crippen molar-refractivity contribution in [1.82, 2.24) is 9.97 Å². The number of nitriles is 2. The summed E-state index contributed by atoms with van der Waals surface area (Å²) in [4.78, 5) is 16.7. The summed E-state index contributed by atoms with van der Waals surface area (Å²) in [5.74, 6) is 0. The molecule has 6 nitrogen and oxygen atoms in total. The van der Waals surface area contributed by atoms with Gasteiger partial charge in [-0.15, -0.1) is 0 Å². The van der Waals surface area contributed by atoms with Crippen LogP contribution >= 0.6 is 0 Å². The van der Waals surface area contributed by atoms with Crippen molar-refractivity contribution in [1.29, 1.82) is 10.5 Å². The summed E-state index contributed by atoms with van der Waals surface area (Å²) in [5.41, 5.74) is 3.58. The molecule has 0 bridgehead atoms. The lowest BCUT2D eigenvalue weighted by molar-refractivity contribution is 1.21. The summed E-state index contributed by atoms with van der Waals surface area (Å²) < 4.78 is 0. The number of benzene rings is 1. The van der Waals surface area contributed by atoms with E-state index in [-0.39, 0.29) is 11.3 Å². The van der Waals surface area contributed by atoms with Crippen LogP contribution in [0.15, 0.2) is 22.6 Å². The third-order valence-corrected chi connectivity index (χ3v) is 2.94. The highest BCUT2D eigenvalue weighted by atomic mass is 16.1. The Labute approximate surface area is 109 Å². The maximum atomic E-state index is 11.4. The highest BCUT2D eigenvalue weighted by molar-refractivity contribution is 5.91. The van der Waals surface area contributed by atoms with E-state index >= 15 is 0 Å². The molecule has 0 aliphatic heterocycles. The topological polar surface area (TPSA) is 108 Å². The van der Waals surface area contributed by atoms with E-state index in [0.29, 0.717) is 16.7 Å². The molecule has 3 N–H and O–H groups in total. The number of aromatic amines is 2. The Morgan fingerprint density at radius 2 is 2.00 bits per heavy atom. The summed E-state index contributed by atoms with van der Waals surface area (Å²) in [6.45, 7) is 3.82. The molecule has 2 rings (SSSR count). The summed E-state index contributed by atoms with van der Waals surface area (Å²) >= 11 is 0. The zero-order valence-electron chi connectivity index (χ0n) is 10.5. The number of H-pyrrole nitrogens is 2. The zero-order valence-corrected chi connectivity index (χ0v) is 10.5. The van der Waals surface area contributed by atoms with Crippen molar-refractivity contribution in [3.05, 3.63) is 39.5 Å². The van der Waals surface area contributed by atoms with Crippen LogP contribution in [0.1, 0.15) is 11.1 Å². The lowest BCUT2D eigenvalue weighted by Gasteiger charge is -2.09. The SMILES string of the molecule is Cc1cc2[nH]c(=O)[nH]c2c(NC=C(C#N)C#N)c1C. The van der Waals surface area contributed by atoms with Gasteiger partial charge in [0, 0.05) is 6.20 Å². The molecule has 1 aromatic carbocycles. The van der Waals surface area contributed by atoms with Crippen LogP contribution in [0.3, 0.4) is 0 Å². The average Bonchev–Trinajstić information content (AvgIpc) is 2.74. The van der Waals surface area contributed by atoms with Gasteiger partial charge in [-0.25, -0.2) is 4.79 Å². The normalized spacial score (nSPS) is 9.68. The van der Waals surface area contributed by atoms with E-state index in [2.05, 4.69) is 15.3 Å². The third-order valence-electron chi connectivity index (χ3n) is 2.94. The third kappa shape index (κ3) is 2.20. The van der Waals surface area contributed by atoms with E-state index in [4.69, 9.17) is 10.5 Å². The first kappa shape index (κ1) is 12.5. The van der Waals surface area contributed by atoms with Gasteiger partial charge in [0.15, 0.2) is 0 Å². The van der Waals surface area contributed by atoms with Crippen molar-refractivity contribution in [2.24, 2.45) is 0 Å². The van der Waals surface area contributed by atoms with Crippen LogP contribution in [-0.2, 0) is 0 Å². The van der Waals surface area contributed by atoms with Crippen LogP contribution in [0.5, 0.6) is 0 Å². The number of imidazole rings is 1. The molecule has 1 aromatic heterocycles. The molecule has 1 heterocycles. The van der Waals surface area contributed by atoms with E-state index in [1.807, 2.05) is 19.9 Å². The van der Waals surface area contributed by atoms with Crippen molar-refractivity contribution in [2.45, 2.75) is 13.8 Å². The summed E-state index contributed by atoms with van der Waals surface area (Å²) in [7, 11) is 0. The number of nitrogens with zero attached hydrogens (tertiary/aromatic N) is 2. The predicted molar refractivity (Wildman–Crippen MR) is 71.3 cm³/mol. The molecule has 0 amide bonds. The fourth-order valence-corrected chi connectivity index (χ4v) is 1.83. The van der Waals surface area contributed by atoms with E-state index in [9.17, 15) is 4.79 Å². The highest BCUT2D eigenvalue weighted by Crippen LogP contribution is 2.27. The van der Waals surface area contributed by atoms with Gasteiger partial charge >= 0.3 is 5.69 Å². The Morgan fingerprint density at radius 3 is 2.63 bits per heavy atom. The largest absolute Gasteiger partial charge is 0.358 e. The number of nitrogens with one attached hydrogen (secondary N) is 3. The van der Waals surface area contributed by atoms with Crippen LogP contribution in [0.25, 0.3) is 11.0 Å². The van der Waals surface area contributed by atoms with Gasteiger partial charge in [-0.3, -0.25) is 0 Å². The van der Waals surface area contributed by atoms with Crippen molar-refractivity contribution in [3.8, 4) is 12.1 Å². The smallest absolute Gasteiger partial charge is 0.323 e. The number of fused-ring (bicyclic) bond motifs is 1. The summed E-state index contributed by atoms with van der Waals surface area (Å²) in [6, 6.07) is 5.40. The quantitative estimate of drug-likeness (QED) is 0.709. The molecule has 0 aliphatic carbocycles. The first-order valence-corrected chi connectivity index (χ1v) is 5.56. The fourth-order valence-electron chi connectivity index (χ4n) is 1.83. The molecule has 0 radical (unpaired) electrons. The molecule has 0 spiro atoms. The molecule has 0 atom stereocenters. The molecule has 0 unspecified atom stereocenters. The molecule has 0 saturated carbocycles. The number of hydrogen-bond acceptors (Lipinski definition) is 4. The summed E-state index contributed by atoms with van der Waals surface area (Å²) in [6.07, 6.45) is 1.33. The molecule has 6 heteroatoms. The standard InChI is InChI=1S/C13H11N5O/c1-7-3-10-12(18-13(19)17-10)11(8(7)2)16-6-9(4-14)5-15/h3,6,16H,1-2H3,(H2,17,18,19). The fraction of sp³-hybridized carbons (Fsp3) is 0.154. The molecular weight excluding hydrogens is 242 g/mol. The Kier molecular flexibility index (Phi) is 3.09. The van der Waals surface area contributed by atoms with Crippen LogP contribution in [0, 0.1) is 36.5 Å². The molecular formula is C13H11N5O. The summed E-state index contributed by atoms with van der Waals surface area (Å²) in [5, 5.41) is 20.3. The average molecular weight is 253 g/mol. The lowest BCUT2D eigenvalue weighted by atomic mass is 10.1. The van der Waals surface area contributed by atoms with Gasteiger partial charge in [0.25, 0.3) is 0 Å².